The summed E-state index contributed by atoms with van der Waals surface area (Å²) in [5.74, 6) is 0.298. The van der Waals surface area contributed by atoms with Gasteiger partial charge in [-0.2, -0.15) is 5.10 Å². The summed E-state index contributed by atoms with van der Waals surface area (Å²) in [4.78, 5) is 8.79. The van der Waals surface area contributed by atoms with Gasteiger partial charge in [0.1, 0.15) is 6.33 Å². The molecule has 2 aromatic heterocycles. The van der Waals surface area contributed by atoms with Gasteiger partial charge in [-0.1, -0.05) is 6.92 Å². The summed E-state index contributed by atoms with van der Waals surface area (Å²) >= 11 is 0. The number of hydrogen-bond acceptors (Lipinski definition) is 5. The van der Waals surface area contributed by atoms with Crippen molar-refractivity contribution in [1.82, 2.24) is 24.1 Å². The highest BCUT2D eigenvalue weighted by Gasteiger charge is 2.26. The number of sulfonamides is 1. The van der Waals surface area contributed by atoms with Crippen LogP contribution >= 0.6 is 0 Å². The van der Waals surface area contributed by atoms with Gasteiger partial charge in [0.2, 0.25) is 10.0 Å². The molecule has 8 heteroatoms. The molecule has 3 heterocycles. The maximum absolute atomic E-state index is 11.8. The first kappa shape index (κ1) is 18.0. The Kier molecular flexibility index (Phi) is 5.48. The van der Waals surface area contributed by atoms with E-state index < -0.39 is 10.0 Å². The number of hydrogen-bond donors (Lipinski definition) is 0. The highest BCUT2D eigenvalue weighted by atomic mass is 32.2. The van der Waals surface area contributed by atoms with Crippen molar-refractivity contribution in [1.29, 1.82) is 0 Å². The van der Waals surface area contributed by atoms with Gasteiger partial charge in [-0.3, -0.25) is 4.68 Å². The van der Waals surface area contributed by atoms with E-state index in [1.807, 2.05) is 16.8 Å². The second-order valence-corrected chi connectivity index (χ2v) is 8.65. The van der Waals surface area contributed by atoms with E-state index in [9.17, 15) is 8.42 Å². The van der Waals surface area contributed by atoms with Gasteiger partial charge in [0, 0.05) is 31.5 Å². The van der Waals surface area contributed by atoms with E-state index in [2.05, 4.69) is 22.0 Å². The fraction of sp³-hybridized carbons (Fsp3) is 0.588. The molecule has 1 aliphatic heterocycles. The zero-order valence-electron chi connectivity index (χ0n) is 14.8. The van der Waals surface area contributed by atoms with E-state index in [4.69, 9.17) is 0 Å². The van der Waals surface area contributed by atoms with Gasteiger partial charge < -0.3 is 0 Å². The molecule has 0 spiro atoms. The van der Waals surface area contributed by atoms with Crippen molar-refractivity contribution in [2.45, 2.75) is 39.2 Å². The second-order valence-electron chi connectivity index (χ2n) is 6.67. The van der Waals surface area contributed by atoms with E-state index in [1.54, 1.807) is 16.8 Å². The predicted octanol–water partition coefficient (Wildman–Crippen LogP) is 1.96. The van der Waals surface area contributed by atoms with E-state index in [-0.39, 0.29) is 0 Å². The van der Waals surface area contributed by atoms with E-state index in [0.29, 0.717) is 19.0 Å². The van der Waals surface area contributed by atoms with Crippen LogP contribution in [0.1, 0.15) is 31.9 Å². The molecule has 7 nitrogen and oxygen atoms in total. The largest absolute Gasteiger partial charge is 0.263 e. The van der Waals surface area contributed by atoms with Crippen LogP contribution in [0.25, 0.3) is 11.4 Å². The minimum absolute atomic E-state index is 0.298. The summed E-state index contributed by atoms with van der Waals surface area (Å²) in [5, 5.41) is 4.35. The van der Waals surface area contributed by atoms with Gasteiger partial charge in [-0.05, 0) is 43.7 Å². The van der Waals surface area contributed by atoms with Gasteiger partial charge >= 0.3 is 0 Å². The highest BCUT2D eigenvalue weighted by Crippen LogP contribution is 2.23. The minimum atomic E-state index is -3.12. The molecular weight excluding hydrogens is 338 g/mol. The monoisotopic (exact) mass is 363 g/mol. The van der Waals surface area contributed by atoms with Crippen LogP contribution in [0.2, 0.25) is 0 Å². The normalized spacial score (nSPS) is 19.2. The Bertz CT molecular complexity index is 818. The minimum Gasteiger partial charge on any atom is -0.263 e. The molecular formula is C17H25N5O2S. The molecule has 136 valence electrons. The molecule has 0 bridgehead atoms. The SMILES string of the molecule is CCCn1nccc1-c1cc(C[C@H]2CCCN(S(C)(=O)=O)C2)ncn1. The first-order chi connectivity index (χ1) is 12.0. The lowest BCUT2D eigenvalue weighted by Gasteiger charge is -2.30. The quantitative estimate of drug-likeness (QED) is 0.784. The second kappa shape index (κ2) is 7.61. The van der Waals surface area contributed by atoms with Crippen LogP contribution in [0.4, 0.5) is 0 Å². The molecule has 0 aliphatic carbocycles. The lowest BCUT2D eigenvalue weighted by atomic mass is 9.94. The van der Waals surface area contributed by atoms with Crippen LogP contribution in [0.5, 0.6) is 0 Å². The van der Waals surface area contributed by atoms with Gasteiger partial charge in [0.15, 0.2) is 0 Å². The zero-order valence-corrected chi connectivity index (χ0v) is 15.6. The van der Waals surface area contributed by atoms with Crippen molar-refractivity contribution in [2.24, 2.45) is 5.92 Å². The third kappa shape index (κ3) is 4.43. The van der Waals surface area contributed by atoms with Gasteiger partial charge in [-0.25, -0.2) is 22.7 Å². The van der Waals surface area contributed by atoms with Gasteiger partial charge in [0.05, 0.1) is 17.6 Å². The fourth-order valence-corrected chi connectivity index (χ4v) is 4.32. The fourth-order valence-electron chi connectivity index (χ4n) is 3.38. The third-order valence-electron chi connectivity index (χ3n) is 4.59. The van der Waals surface area contributed by atoms with Crippen molar-refractivity contribution in [3.05, 3.63) is 30.4 Å². The van der Waals surface area contributed by atoms with Crippen molar-refractivity contribution >= 4 is 10.0 Å². The summed E-state index contributed by atoms with van der Waals surface area (Å²) in [6.07, 6.45) is 8.37. The average molecular weight is 363 g/mol. The van der Waals surface area contributed by atoms with Gasteiger partial charge in [0.25, 0.3) is 0 Å². The molecule has 0 radical (unpaired) electrons. The summed E-state index contributed by atoms with van der Waals surface area (Å²) in [7, 11) is -3.12. The standard InChI is InChI=1S/C17H25N5O2S/c1-3-8-22-17(6-7-20-22)16-11-15(18-13-19-16)10-14-5-4-9-21(12-14)25(2,23)24/h6-7,11,13-14H,3-5,8-10,12H2,1-2H3/t14-/m1/s1. The number of nitrogens with zero attached hydrogens (tertiary/aromatic N) is 5. The Balaban J connectivity index is 1.75. The molecule has 2 aromatic rings. The highest BCUT2D eigenvalue weighted by molar-refractivity contribution is 7.88. The molecule has 0 saturated carbocycles. The molecule has 25 heavy (non-hydrogen) atoms. The number of aryl methyl sites for hydroxylation is 1. The predicted molar refractivity (Wildman–Crippen MR) is 96.4 cm³/mol. The summed E-state index contributed by atoms with van der Waals surface area (Å²) in [5.41, 5.74) is 2.81. The molecule has 1 saturated heterocycles. The maximum atomic E-state index is 11.8. The zero-order chi connectivity index (χ0) is 17.9. The number of rotatable bonds is 6. The van der Waals surface area contributed by atoms with Crippen LogP contribution in [0.15, 0.2) is 24.7 Å². The van der Waals surface area contributed by atoms with Crippen LogP contribution in [0.3, 0.4) is 0 Å². The Morgan fingerprint density at radius 2 is 2.16 bits per heavy atom. The van der Waals surface area contributed by atoms with Crippen LogP contribution in [-0.4, -0.2) is 51.8 Å². The van der Waals surface area contributed by atoms with Crippen molar-refractivity contribution < 1.29 is 8.42 Å². The first-order valence-corrected chi connectivity index (χ1v) is 10.6. The first-order valence-electron chi connectivity index (χ1n) is 8.75. The Hall–Kier alpha value is -1.80. The molecule has 0 aromatic carbocycles. The molecule has 1 atom stereocenters. The van der Waals surface area contributed by atoms with Crippen LogP contribution in [0, 0.1) is 5.92 Å². The van der Waals surface area contributed by atoms with E-state index in [0.717, 1.165) is 49.3 Å². The van der Waals surface area contributed by atoms with Crippen molar-refractivity contribution in [2.75, 3.05) is 19.3 Å². The van der Waals surface area contributed by atoms with Crippen molar-refractivity contribution in [3.63, 3.8) is 0 Å². The summed E-state index contributed by atoms with van der Waals surface area (Å²) in [6.45, 7) is 4.17. The van der Waals surface area contributed by atoms with Crippen LogP contribution < -0.4 is 0 Å². The Morgan fingerprint density at radius 3 is 2.92 bits per heavy atom. The molecule has 0 amide bonds. The van der Waals surface area contributed by atoms with Crippen molar-refractivity contribution in [3.8, 4) is 11.4 Å². The summed E-state index contributed by atoms with van der Waals surface area (Å²) in [6, 6.07) is 3.97. The van der Waals surface area contributed by atoms with Gasteiger partial charge in [-0.15, -0.1) is 0 Å². The smallest absolute Gasteiger partial charge is 0.211 e. The Morgan fingerprint density at radius 1 is 1.32 bits per heavy atom. The lowest BCUT2D eigenvalue weighted by molar-refractivity contribution is 0.265. The lowest BCUT2D eigenvalue weighted by Crippen LogP contribution is -2.39. The molecule has 0 N–H and O–H groups in total. The molecule has 1 fully saturated rings. The average Bonchev–Trinajstić information content (AvgIpc) is 3.03. The van der Waals surface area contributed by atoms with Crippen LogP contribution in [-0.2, 0) is 23.0 Å². The van der Waals surface area contributed by atoms with E-state index in [1.165, 1.54) is 6.26 Å². The maximum Gasteiger partial charge on any atom is 0.211 e. The Labute approximate surface area is 149 Å². The molecule has 0 unspecified atom stereocenters. The summed E-state index contributed by atoms with van der Waals surface area (Å²) < 4.78 is 27.1. The molecule has 1 aliphatic rings. The third-order valence-corrected chi connectivity index (χ3v) is 5.86. The topological polar surface area (TPSA) is 81.0 Å². The molecule has 3 rings (SSSR count). The number of aromatic nitrogens is 4. The van der Waals surface area contributed by atoms with E-state index >= 15 is 0 Å². The number of piperidine rings is 1.